The lowest BCUT2D eigenvalue weighted by Gasteiger charge is -2.42. The molecule has 354 valence electrons. The van der Waals surface area contributed by atoms with Crippen LogP contribution >= 0.6 is 0 Å². The van der Waals surface area contributed by atoms with Gasteiger partial charge in [0.25, 0.3) is 0 Å². The second-order valence-electron chi connectivity index (χ2n) is 15.7. The van der Waals surface area contributed by atoms with Crippen LogP contribution in [0.3, 0.4) is 0 Å². The highest BCUT2D eigenvalue weighted by Gasteiger charge is 2.47. The van der Waals surface area contributed by atoms with E-state index in [1.807, 2.05) is 12.2 Å². The fraction of sp³-hybridized carbons (Fsp3) is 0.702. The molecule has 11 atom stereocenters. The molecule has 0 bridgehead atoms. The highest BCUT2D eigenvalue weighted by atomic mass is 16.7. The van der Waals surface area contributed by atoms with Gasteiger partial charge in [0.15, 0.2) is 18.7 Å². The molecule has 0 aliphatic carbocycles. The van der Waals surface area contributed by atoms with Crippen molar-refractivity contribution in [2.75, 3.05) is 26.4 Å². The third kappa shape index (κ3) is 23.0. The van der Waals surface area contributed by atoms with Crippen molar-refractivity contribution < 1.29 is 73.8 Å². The van der Waals surface area contributed by atoms with Gasteiger partial charge in [0.1, 0.15) is 55.4 Å². The minimum Gasteiger partial charge on any atom is -0.462 e. The molecule has 2 aliphatic rings. The fourth-order valence-corrected chi connectivity index (χ4v) is 6.69. The molecular weight excluding hydrogens is 805 g/mol. The highest BCUT2D eigenvalue weighted by Crippen LogP contribution is 2.26. The number of carbonyl (C=O) groups excluding carboxylic acids is 2. The van der Waals surface area contributed by atoms with Crippen LogP contribution in [0.4, 0.5) is 0 Å². The van der Waals surface area contributed by atoms with Crippen LogP contribution in [0.2, 0.25) is 0 Å². The summed E-state index contributed by atoms with van der Waals surface area (Å²) < 4.78 is 33.4. The van der Waals surface area contributed by atoms with E-state index in [1.165, 1.54) is 0 Å². The van der Waals surface area contributed by atoms with Gasteiger partial charge in [0, 0.05) is 12.8 Å². The molecule has 15 nitrogen and oxygen atoms in total. The Labute approximate surface area is 368 Å². The first-order chi connectivity index (χ1) is 30.0. The van der Waals surface area contributed by atoms with Crippen LogP contribution in [0, 0.1) is 0 Å². The van der Waals surface area contributed by atoms with Gasteiger partial charge in [-0.1, -0.05) is 99.3 Å². The number of unbranched alkanes of at least 4 members (excludes halogenated alkanes) is 10. The average Bonchev–Trinajstić information content (AvgIpc) is 3.26. The molecule has 62 heavy (non-hydrogen) atoms. The highest BCUT2D eigenvalue weighted by molar-refractivity contribution is 5.70. The topological polar surface area (TPSA) is 231 Å². The van der Waals surface area contributed by atoms with Crippen molar-refractivity contribution in [1.29, 1.82) is 0 Å². The normalized spacial score (nSPS) is 27.3. The quantitative estimate of drug-likeness (QED) is 0.0264. The van der Waals surface area contributed by atoms with Crippen molar-refractivity contribution in [3.05, 3.63) is 73.9 Å². The van der Waals surface area contributed by atoms with Crippen molar-refractivity contribution in [3.8, 4) is 0 Å². The summed E-state index contributed by atoms with van der Waals surface area (Å²) in [6, 6.07) is 0. The molecule has 15 heteroatoms. The van der Waals surface area contributed by atoms with Gasteiger partial charge in [-0.15, -0.1) is 13.2 Å². The third-order valence-corrected chi connectivity index (χ3v) is 10.4. The van der Waals surface area contributed by atoms with Crippen LogP contribution in [-0.2, 0) is 38.0 Å². The Balaban J connectivity index is 1.87. The molecule has 0 spiro atoms. The summed E-state index contributed by atoms with van der Waals surface area (Å²) in [6.07, 6.45) is 18.7. The van der Waals surface area contributed by atoms with Gasteiger partial charge in [-0.2, -0.15) is 0 Å². The van der Waals surface area contributed by atoms with Crippen LogP contribution in [0.25, 0.3) is 0 Å². The molecule has 0 saturated carbocycles. The maximum Gasteiger partial charge on any atom is 0.306 e. The Bertz CT molecular complexity index is 1330. The van der Waals surface area contributed by atoms with Gasteiger partial charge in [-0.25, -0.2) is 0 Å². The zero-order valence-corrected chi connectivity index (χ0v) is 36.5. The van der Waals surface area contributed by atoms with Crippen molar-refractivity contribution >= 4 is 11.9 Å². The van der Waals surface area contributed by atoms with Crippen molar-refractivity contribution in [2.45, 2.75) is 183 Å². The molecule has 7 N–H and O–H groups in total. The Hall–Kier alpha value is -3.06. The Morgan fingerprint density at radius 2 is 0.968 bits per heavy atom. The molecule has 2 heterocycles. The van der Waals surface area contributed by atoms with E-state index in [9.17, 15) is 45.3 Å². The van der Waals surface area contributed by atoms with E-state index >= 15 is 0 Å². The second-order valence-corrected chi connectivity index (χ2v) is 15.7. The van der Waals surface area contributed by atoms with Crippen molar-refractivity contribution in [2.24, 2.45) is 0 Å². The molecule has 2 fully saturated rings. The number of rotatable bonds is 34. The number of hydrogen-bond donors (Lipinski definition) is 7. The third-order valence-electron chi connectivity index (χ3n) is 10.4. The number of esters is 2. The lowest BCUT2D eigenvalue weighted by Crippen LogP contribution is -2.61. The van der Waals surface area contributed by atoms with Gasteiger partial charge in [-0.3, -0.25) is 9.59 Å². The van der Waals surface area contributed by atoms with Crippen LogP contribution in [0.5, 0.6) is 0 Å². The first-order valence-electron chi connectivity index (χ1n) is 22.4. The number of aliphatic hydroxyl groups excluding tert-OH is 7. The number of ether oxygens (including phenoxy) is 6. The molecular formula is C47H76O15. The average molecular weight is 881 g/mol. The number of aliphatic hydroxyl groups is 7. The van der Waals surface area contributed by atoms with E-state index < -0.39 is 99.3 Å². The molecule has 2 saturated heterocycles. The molecule has 2 aliphatic heterocycles. The van der Waals surface area contributed by atoms with E-state index in [4.69, 9.17) is 28.4 Å². The Morgan fingerprint density at radius 3 is 1.52 bits per heavy atom. The molecule has 0 aromatic rings. The van der Waals surface area contributed by atoms with Crippen LogP contribution in [0.1, 0.15) is 116 Å². The van der Waals surface area contributed by atoms with Gasteiger partial charge in [-0.05, 0) is 64.2 Å². The van der Waals surface area contributed by atoms with Gasteiger partial charge < -0.3 is 64.2 Å². The zero-order valence-electron chi connectivity index (χ0n) is 36.5. The van der Waals surface area contributed by atoms with Crippen molar-refractivity contribution in [1.82, 2.24) is 0 Å². The van der Waals surface area contributed by atoms with Gasteiger partial charge >= 0.3 is 11.9 Å². The van der Waals surface area contributed by atoms with Crippen LogP contribution < -0.4 is 0 Å². The largest absolute Gasteiger partial charge is 0.462 e. The minimum atomic E-state index is -1.78. The summed E-state index contributed by atoms with van der Waals surface area (Å²) in [5.41, 5.74) is 0. The molecule has 0 amide bonds. The van der Waals surface area contributed by atoms with Gasteiger partial charge in [0.2, 0.25) is 0 Å². The Kier molecular flexibility index (Phi) is 30.5. The van der Waals surface area contributed by atoms with E-state index in [0.29, 0.717) is 12.8 Å². The zero-order chi connectivity index (χ0) is 45.4. The first kappa shape index (κ1) is 55.1. The molecule has 0 unspecified atom stereocenters. The summed E-state index contributed by atoms with van der Waals surface area (Å²) in [5.74, 6) is -0.983. The van der Waals surface area contributed by atoms with Gasteiger partial charge in [0.05, 0.1) is 19.8 Å². The maximum absolute atomic E-state index is 12.9. The molecule has 0 aromatic carbocycles. The second kappa shape index (κ2) is 34.4. The lowest BCUT2D eigenvalue weighted by molar-refractivity contribution is -0.332. The summed E-state index contributed by atoms with van der Waals surface area (Å²) in [6.45, 7) is 5.44. The number of carbonyl (C=O) groups is 2. The monoisotopic (exact) mass is 881 g/mol. The predicted octanol–water partition coefficient (Wildman–Crippen LogP) is 4.70. The number of hydrogen-bond acceptors (Lipinski definition) is 15. The van der Waals surface area contributed by atoms with Crippen molar-refractivity contribution in [3.63, 3.8) is 0 Å². The first-order valence-corrected chi connectivity index (χ1v) is 22.4. The Morgan fingerprint density at radius 1 is 0.516 bits per heavy atom. The van der Waals surface area contributed by atoms with E-state index in [1.54, 1.807) is 0 Å². The van der Waals surface area contributed by atoms with E-state index in [0.717, 1.165) is 89.9 Å². The minimum absolute atomic E-state index is 0.134. The SMILES string of the molecule is C=CC/C=C\C/C=C/CCCCCCCC(=O)OC[C@H](CO[C@@H]1O[C@H](CO[C@H]2O[C@H](CO)[C@H](O)[C@H](O)[C@H]2O)[C@H](O)[C@H](O)[C@H]1O)OC(=O)CCCCCCC/C=C/C/C=C/CC=C. The summed E-state index contributed by atoms with van der Waals surface area (Å²) >= 11 is 0. The number of allylic oxidation sites excluding steroid dienone is 10. The maximum atomic E-state index is 12.9. The van der Waals surface area contributed by atoms with E-state index in [2.05, 4.69) is 61.8 Å². The summed E-state index contributed by atoms with van der Waals surface area (Å²) in [7, 11) is 0. The summed E-state index contributed by atoms with van der Waals surface area (Å²) in [5, 5.41) is 71.8. The van der Waals surface area contributed by atoms with E-state index in [-0.39, 0.29) is 19.4 Å². The molecule has 0 radical (unpaired) electrons. The van der Waals surface area contributed by atoms with Crippen LogP contribution in [0.15, 0.2) is 73.9 Å². The fourth-order valence-electron chi connectivity index (χ4n) is 6.69. The molecule has 2 rings (SSSR count). The molecule has 0 aromatic heterocycles. The van der Waals surface area contributed by atoms with Crippen LogP contribution in [-0.4, -0.2) is 142 Å². The predicted molar refractivity (Wildman–Crippen MR) is 233 cm³/mol. The standard InChI is InChI=1S/C47H76O15/c1-3-5-7-9-11-13-15-17-19-21-23-25-27-29-38(49)57-32-35(60-39(50)30-28-26-24-22-20-18-16-14-12-10-8-6-4-2)33-58-46-45(56)43(54)41(52)37(62-46)34-59-47-44(55)42(53)40(51)36(31-48)61-47/h3-4,7-10,13-16,35-37,40-48,51-56H,1-2,5-6,11-12,17-34H2/b9-7-,10-8+,15-13+,16-14+/t35-,36-,37-,40+,41+,42+,43+,44-,45-,46-,47+/m1/s1. The lowest BCUT2D eigenvalue weighted by atomic mass is 9.98. The summed E-state index contributed by atoms with van der Waals surface area (Å²) in [4.78, 5) is 25.6. The smallest absolute Gasteiger partial charge is 0.306 e.